The molecule has 0 radical (unpaired) electrons. The molecule has 1 amide bonds. The average molecular weight is 369 g/mol. The second-order valence-electron chi connectivity index (χ2n) is 6.41. The highest BCUT2D eigenvalue weighted by atomic mass is 16.2. The summed E-state index contributed by atoms with van der Waals surface area (Å²) in [6, 6.07) is 3.07. The van der Waals surface area contributed by atoms with Crippen molar-refractivity contribution in [2.45, 2.75) is 13.0 Å². The standard InChI is InChI=1S/C16H19N9O2/c1-23-14-13(21-22-23)15(19-10-18-14)24-8-11(9-24)16(27)17-5-3-7-25-12(26)4-2-6-20-25/h2,4,6,10-11H,3,5,7-9H2,1H3,(H,17,27). The van der Waals surface area contributed by atoms with Crippen LogP contribution in [0.5, 0.6) is 0 Å². The van der Waals surface area contributed by atoms with Crippen LogP contribution >= 0.6 is 0 Å². The van der Waals surface area contributed by atoms with E-state index in [1.807, 2.05) is 4.90 Å². The molecule has 0 atom stereocenters. The van der Waals surface area contributed by atoms with Crippen molar-refractivity contribution in [1.82, 2.24) is 40.1 Å². The van der Waals surface area contributed by atoms with E-state index in [1.165, 1.54) is 17.1 Å². The van der Waals surface area contributed by atoms with Crippen LogP contribution in [0, 0.1) is 5.92 Å². The molecular formula is C16H19N9O2. The number of aromatic nitrogens is 7. The van der Waals surface area contributed by atoms with Gasteiger partial charge in [0.15, 0.2) is 17.0 Å². The van der Waals surface area contributed by atoms with Gasteiger partial charge in [0.05, 0.1) is 5.92 Å². The zero-order valence-electron chi connectivity index (χ0n) is 14.8. The second-order valence-corrected chi connectivity index (χ2v) is 6.41. The Balaban J connectivity index is 1.26. The largest absolute Gasteiger partial charge is 0.356 e. The first-order chi connectivity index (χ1) is 13.1. The molecule has 0 aromatic carbocycles. The normalized spacial score (nSPS) is 14.3. The van der Waals surface area contributed by atoms with Crippen LogP contribution < -0.4 is 15.8 Å². The highest BCUT2D eigenvalue weighted by Crippen LogP contribution is 2.27. The predicted molar refractivity (Wildman–Crippen MR) is 95.9 cm³/mol. The zero-order chi connectivity index (χ0) is 18.8. The van der Waals surface area contributed by atoms with Gasteiger partial charge in [-0.05, 0) is 12.5 Å². The Morgan fingerprint density at radius 1 is 1.33 bits per heavy atom. The minimum atomic E-state index is -0.140. The monoisotopic (exact) mass is 369 g/mol. The van der Waals surface area contributed by atoms with Gasteiger partial charge >= 0.3 is 0 Å². The third-order valence-electron chi connectivity index (χ3n) is 4.55. The van der Waals surface area contributed by atoms with Crippen LogP contribution in [0.1, 0.15) is 6.42 Å². The Morgan fingerprint density at radius 3 is 3.00 bits per heavy atom. The zero-order valence-corrected chi connectivity index (χ0v) is 14.8. The fourth-order valence-electron chi connectivity index (χ4n) is 3.03. The first-order valence-electron chi connectivity index (χ1n) is 8.68. The third kappa shape index (κ3) is 3.35. The molecule has 1 aliphatic rings. The summed E-state index contributed by atoms with van der Waals surface area (Å²) in [5.41, 5.74) is 1.16. The van der Waals surface area contributed by atoms with Gasteiger partial charge in [0.1, 0.15) is 6.33 Å². The summed E-state index contributed by atoms with van der Waals surface area (Å²) in [5, 5.41) is 15.0. The van der Waals surface area contributed by atoms with E-state index >= 15 is 0 Å². The van der Waals surface area contributed by atoms with Gasteiger partial charge in [0.2, 0.25) is 5.91 Å². The number of anilines is 1. The highest BCUT2D eigenvalue weighted by Gasteiger charge is 2.34. The van der Waals surface area contributed by atoms with Crippen molar-refractivity contribution in [3.63, 3.8) is 0 Å². The summed E-state index contributed by atoms with van der Waals surface area (Å²) < 4.78 is 2.98. The maximum atomic E-state index is 12.3. The molecule has 140 valence electrons. The van der Waals surface area contributed by atoms with Crippen LogP contribution in [0.4, 0.5) is 5.82 Å². The fraction of sp³-hybridized carbons (Fsp3) is 0.438. The molecule has 0 unspecified atom stereocenters. The molecule has 1 fully saturated rings. The molecule has 0 spiro atoms. The quantitative estimate of drug-likeness (QED) is 0.546. The number of rotatable bonds is 6. The summed E-state index contributed by atoms with van der Waals surface area (Å²) in [6.45, 7) is 2.13. The minimum Gasteiger partial charge on any atom is -0.356 e. The van der Waals surface area contributed by atoms with Crippen LogP contribution in [0.25, 0.3) is 11.2 Å². The molecule has 4 heterocycles. The minimum absolute atomic E-state index is 0.00376. The van der Waals surface area contributed by atoms with Crippen molar-refractivity contribution >= 4 is 22.9 Å². The highest BCUT2D eigenvalue weighted by molar-refractivity contribution is 5.86. The molecule has 3 aromatic rings. The number of nitrogens with zero attached hydrogens (tertiary/aromatic N) is 8. The van der Waals surface area contributed by atoms with Crippen LogP contribution in [0.2, 0.25) is 0 Å². The van der Waals surface area contributed by atoms with E-state index in [0.717, 1.165) is 0 Å². The third-order valence-corrected chi connectivity index (χ3v) is 4.55. The fourth-order valence-corrected chi connectivity index (χ4v) is 3.03. The number of hydrogen-bond donors (Lipinski definition) is 1. The molecule has 27 heavy (non-hydrogen) atoms. The Kier molecular flexibility index (Phi) is 4.48. The van der Waals surface area contributed by atoms with Gasteiger partial charge in [-0.2, -0.15) is 5.10 Å². The maximum absolute atomic E-state index is 12.3. The Labute approximate surface area is 154 Å². The van der Waals surface area contributed by atoms with E-state index in [9.17, 15) is 9.59 Å². The van der Waals surface area contributed by atoms with Gasteiger partial charge in [-0.3, -0.25) is 9.59 Å². The van der Waals surface area contributed by atoms with Gasteiger partial charge in [-0.1, -0.05) is 5.21 Å². The number of nitrogens with one attached hydrogen (secondary N) is 1. The first-order valence-corrected chi connectivity index (χ1v) is 8.68. The van der Waals surface area contributed by atoms with Gasteiger partial charge in [0, 0.05) is 45.5 Å². The number of fused-ring (bicyclic) bond motifs is 1. The first kappa shape index (κ1) is 17.1. The number of hydrogen-bond acceptors (Lipinski definition) is 8. The van der Waals surface area contributed by atoms with Gasteiger partial charge in [-0.25, -0.2) is 19.3 Å². The number of carbonyl (C=O) groups excluding carboxylic acids is 1. The topological polar surface area (TPSA) is 124 Å². The molecule has 11 heteroatoms. The van der Waals surface area contributed by atoms with Crippen LogP contribution in [-0.4, -0.2) is 60.3 Å². The summed E-state index contributed by atoms with van der Waals surface area (Å²) in [4.78, 5) is 34.3. The molecule has 1 aliphatic heterocycles. The van der Waals surface area contributed by atoms with E-state index < -0.39 is 0 Å². The van der Waals surface area contributed by atoms with Gasteiger partial charge < -0.3 is 10.2 Å². The van der Waals surface area contributed by atoms with E-state index in [-0.39, 0.29) is 17.4 Å². The van der Waals surface area contributed by atoms with Crippen LogP contribution in [0.3, 0.4) is 0 Å². The average Bonchev–Trinajstić information content (AvgIpc) is 3.01. The lowest BCUT2D eigenvalue weighted by Crippen LogP contribution is -2.54. The SMILES string of the molecule is Cn1nnc2c(N3CC(C(=O)NCCCn4ncccc4=O)C3)ncnc21. The molecule has 0 bridgehead atoms. The number of amides is 1. The van der Waals surface area contributed by atoms with Crippen molar-refractivity contribution in [3.05, 3.63) is 35.0 Å². The molecule has 0 saturated carbocycles. The van der Waals surface area contributed by atoms with Crippen molar-refractivity contribution in [2.75, 3.05) is 24.5 Å². The second kappa shape index (κ2) is 7.09. The lowest BCUT2D eigenvalue weighted by molar-refractivity contribution is -0.125. The van der Waals surface area contributed by atoms with Crippen molar-refractivity contribution in [3.8, 4) is 0 Å². The molecule has 0 aliphatic carbocycles. The molecular weight excluding hydrogens is 350 g/mol. The van der Waals surface area contributed by atoms with Crippen molar-refractivity contribution in [2.24, 2.45) is 13.0 Å². The molecule has 11 nitrogen and oxygen atoms in total. The van der Waals surface area contributed by atoms with E-state index in [2.05, 4.69) is 30.7 Å². The lowest BCUT2D eigenvalue weighted by Gasteiger charge is -2.38. The summed E-state index contributed by atoms with van der Waals surface area (Å²) in [6.07, 6.45) is 3.70. The maximum Gasteiger partial charge on any atom is 0.266 e. The van der Waals surface area contributed by atoms with Crippen LogP contribution in [-0.2, 0) is 18.4 Å². The van der Waals surface area contributed by atoms with Gasteiger partial charge in [0.25, 0.3) is 5.56 Å². The Morgan fingerprint density at radius 2 is 2.19 bits per heavy atom. The van der Waals surface area contributed by atoms with Gasteiger partial charge in [-0.15, -0.1) is 5.10 Å². The molecule has 4 rings (SSSR count). The predicted octanol–water partition coefficient (Wildman–Crippen LogP) is -1.04. The number of carbonyl (C=O) groups is 1. The smallest absolute Gasteiger partial charge is 0.266 e. The van der Waals surface area contributed by atoms with E-state index in [0.29, 0.717) is 49.6 Å². The lowest BCUT2D eigenvalue weighted by atomic mass is 9.99. The number of aryl methyl sites for hydroxylation is 2. The van der Waals surface area contributed by atoms with E-state index in [1.54, 1.807) is 24.0 Å². The van der Waals surface area contributed by atoms with Crippen molar-refractivity contribution < 1.29 is 4.79 Å². The summed E-state index contributed by atoms with van der Waals surface area (Å²) in [7, 11) is 1.78. The Hall–Kier alpha value is -3.37. The molecule has 1 saturated heterocycles. The Bertz CT molecular complexity index is 1020. The van der Waals surface area contributed by atoms with E-state index in [4.69, 9.17) is 0 Å². The summed E-state index contributed by atoms with van der Waals surface area (Å²) >= 11 is 0. The molecule has 1 N–H and O–H groups in total. The van der Waals surface area contributed by atoms with Crippen LogP contribution in [0.15, 0.2) is 29.5 Å². The molecule has 3 aromatic heterocycles. The summed E-state index contributed by atoms with van der Waals surface area (Å²) in [5.74, 6) is 0.611. The van der Waals surface area contributed by atoms with Crippen molar-refractivity contribution in [1.29, 1.82) is 0 Å².